The first-order valence-electron chi connectivity index (χ1n) is 9.25. The molecule has 1 spiro atoms. The minimum Gasteiger partial charge on any atom is -0.387 e. The number of nitrogens with two attached hydrogens (primary N) is 1. The van der Waals surface area contributed by atoms with Gasteiger partial charge in [-0.15, -0.1) is 24.0 Å². The van der Waals surface area contributed by atoms with Crippen LogP contribution in [-0.4, -0.2) is 10.8 Å². The Labute approximate surface area is 169 Å². The smallest absolute Gasteiger partial charge is 0.111 e. The third-order valence-electron chi connectivity index (χ3n) is 5.78. The van der Waals surface area contributed by atoms with Crippen LogP contribution in [0.4, 0.5) is 0 Å². The fraction of sp³-hybridized carbons (Fsp3) is 0.381. The third kappa shape index (κ3) is 3.09. The standard InChI is InChI=1S/C21H22N4S2/c1-13-5-7-14(8-6-13)16-12-27-20(24-16)17-18(23)25-19(26)15(11-22)21(17)9-3-2-4-10-21/h5-8,12,17,26H,2-4,9-10H2,1H3,(H2,23,25)/t17-/m0/s1. The minimum absolute atomic E-state index is 0.146. The molecular formula is C21H22N4S2. The summed E-state index contributed by atoms with van der Waals surface area (Å²) < 4.78 is 0. The lowest BCUT2D eigenvalue weighted by atomic mass is 9.61. The molecule has 0 amide bonds. The first-order valence-corrected chi connectivity index (χ1v) is 10.6. The Kier molecular flexibility index (Phi) is 4.83. The first kappa shape index (κ1) is 18.3. The van der Waals surface area contributed by atoms with E-state index in [9.17, 15) is 5.26 Å². The number of aromatic nitrogens is 1. The molecule has 1 aliphatic carbocycles. The van der Waals surface area contributed by atoms with Crippen LogP contribution in [0.1, 0.15) is 48.6 Å². The maximum Gasteiger partial charge on any atom is 0.111 e. The maximum atomic E-state index is 9.86. The van der Waals surface area contributed by atoms with E-state index in [2.05, 4.69) is 60.3 Å². The zero-order valence-corrected chi connectivity index (χ0v) is 17.0. The van der Waals surface area contributed by atoms with Crippen molar-refractivity contribution in [2.45, 2.75) is 44.9 Å². The monoisotopic (exact) mass is 394 g/mol. The van der Waals surface area contributed by atoms with E-state index in [0.29, 0.717) is 16.4 Å². The summed E-state index contributed by atoms with van der Waals surface area (Å²) in [6.07, 6.45) is 5.23. The van der Waals surface area contributed by atoms with E-state index in [1.807, 2.05) is 0 Å². The van der Waals surface area contributed by atoms with E-state index in [1.54, 1.807) is 11.3 Å². The highest BCUT2D eigenvalue weighted by molar-refractivity contribution is 7.84. The van der Waals surface area contributed by atoms with Crippen molar-refractivity contribution < 1.29 is 0 Å². The van der Waals surface area contributed by atoms with Gasteiger partial charge in [-0.25, -0.2) is 9.98 Å². The SMILES string of the molecule is Cc1ccc(-c2csc([C@@H]3C(N)=NC(S)=C(C#N)C34CCCCC4)n2)cc1. The van der Waals surface area contributed by atoms with Gasteiger partial charge in [0.15, 0.2) is 0 Å². The van der Waals surface area contributed by atoms with Crippen molar-refractivity contribution in [3.8, 4) is 17.3 Å². The van der Waals surface area contributed by atoms with Gasteiger partial charge in [-0.3, -0.25) is 0 Å². The fourth-order valence-corrected chi connectivity index (χ4v) is 5.86. The third-order valence-corrected chi connectivity index (χ3v) is 7.01. The Hall–Kier alpha value is -2.10. The topological polar surface area (TPSA) is 75.1 Å². The van der Waals surface area contributed by atoms with Gasteiger partial charge in [0.1, 0.15) is 15.9 Å². The molecule has 1 aliphatic heterocycles. The van der Waals surface area contributed by atoms with Gasteiger partial charge >= 0.3 is 0 Å². The zero-order chi connectivity index (χ0) is 19.0. The second-order valence-corrected chi connectivity index (χ2v) is 8.75. The molecule has 2 heterocycles. The van der Waals surface area contributed by atoms with Gasteiger partial charge in [-0.05, 0) is 19.8 Å². The van der Waals surface area contributed by atoms with Crippen molar-refractivity contribution in [3.63, 3.8) is 0 Å². The van der Waals surface area contributed by atoms with Crippen molar-refractivity contribution in [2.24, 2.45) is 16.1 Å². The number of hydrogen-bond acceptors (Lipinski definition) is 6. The lowest BCUT2D eigenvalue weighted by Gasteiger charge is -2.44. The summed E-state index contributed by atoms with van der Waals surface area (Å²) in [4.78, 5) is 9.35. The molecule has 6 heteroatoms. The van der Waals surface area contributed by atoms with E-state index in [-0.39, 0.29) is 11.3 Å². The number of aryl methyl sites for hydroxylation is 1. The van der Waals surface area contributed by atoms with Crippen molar-refractivity contribution in [1.29, 1.82) is 5.26 Å². The van der Waals surface area contributed by atoms with Crippen LogP contribution in [0.2, 0.25) is 0 Å². The van der Waals surface area contributed by atoms with Crippen LogP contribution in [-0.2, 0) is 0 Å². The molecule has 2 N–H and O–H groups in total. The average Bonchev–Trinajstić information content (AvgIpc) is 3.12. The van der Waals surface area contributed by atoms with Crippen molar-refractivity contribution in [1.82, 2.24) is 4.98 Å². The van der Waals surface area contributed by atoms with Crippen molar-refractivity contribution >= 4 is 29.8 Å². The minimum atomic E-state index is -0.321. The van der Waals surface area contributed by atoms with Crippen LogP contribution in [0.25, 0.3) is 11.3 Å². The quantitative estimate of drug-likeness (QED) is 0.688. The van der Waals surface area contributed by atoms with Crippen LogP contribution in [0.5, 0.6) is 0 Å². The van der Waals surface area contributed by atoms with Crippen LogP contribution in [0, 0.1) is 23.7 Å². The molecule has 4 rings (SSSR count). The van der Waals surface area contributed by atoms with Crippen molar-refractivity contribution in [2.75, 3.05) is 0 Å². The largest absolute Gasteiger partial charge is 0.387 e. The molecule has 0 saturated heterocycles. The molecule has 1 saturated carbocycles. The van der Waals surface area contributed by atoms with Crippen LogP contribution < -0.4 is 5.73 Å². The molecule has 0 unspecified atom stereocenters. The zero-order valence-electron chi connectivity index (χ0n) is 15.3. The fourth-order valence-electron chi connectivity index (χ4n) is 4.42. The second kappa shape index (κ2) is 7.14. The predicted molar refractivity (Wildman–Crippen MR) is 114 cm³/mol. The van der Waals surface area contributed by atoms with Gasteiger partial charge in [0, 0.05) is 16.4 Å². The number of hydrogen-bond donors (Lipinski definition) is 2. The van der Waals surface area contributed by atoms with Gasteiger partial charge < -0.3 is 5.73 Å². The van der Waals surface area contributed by atoms with Crippen molar-refractivity contribution in [3.05, 3.63) is 50.8 Å². The van der Waals surface area contributed by atoms with Crippen LogP contribution >= 0.6 is 24.0 Å². The Balaban J connectivity index is 1.79. The normalized spacial score (nSPS) is 21.8. The highest BCUT2D eigenvalue weighted by atomic mass is 32.1. The Morgan fingerprint density at radius 2 is 1.93 bits per heavy atom. The summed E-state index contributed by atoms with van der Waals surface area (Å²) in [6.45, 7) is 2.08. The Bertz CT molecular complexity index is 957. The molecule has 2 aliphatic rings. The molecule has 4 nitrogen and oxygen atoms in total. The van der Waals surface area contributed by atoms with Gasteiger partial charge in [0.25, 0.3) is 0 Å². The molecule has 1 aromatic carbocycles. The van der Waals surface area contributed by atoms with Crippen LogP contribution in [0.15, 0.2) is 45.2 Å². The summed E-state index contributed by atoms with van der Waals surface area (Å²) >= 11 is 6.09. The molecular weight excluding hydrogens is 372 g/mol. The number of thiol groups is 1. The predicted octanol–water partition coefficient (Wildman–Crippen LogP) is 5.19. The number of benzene rings is 1. The summed E-state index contributed by atoms with van der Waals surface area (Å²) in [5, 5.41) is 13.4. The molecule has 0 radical (unpaired) electrons. The molecule has 1 fully saturated rings. The highest BCUT2D eigenvalue weighted by Gasteiger charge is 2.50. The summed E-state index contributed by atoms with van der Waals surface area (Å²) in [5.74, 6) is 0.387. The first-order chi connectivity index (χ1) is 13.0. The summed E-state index contributed by atoms with van der Waals surface area (Å²) in [6, 6.07) is 10.8. The average molecular weight is 395 g/mol. The molecule has 27 heavy (non-hydrogen) atoms. The van der Waals surface area contributed by atoms with Gasteiger partial charge in [-0.1, -0.05) is 49.1 Å². The number of thiazole rings is 1. The maximum absolute atomic E-state index is 9.86. The number of nitriles is 1. The van der Waals surface area contributed by atoms with Crippen LogP contribution in [0.3, 0.4) is 0 Å². The highest BCUT2D eigenvalue weighted by Crippen LogP contribution is 2.56. The van der Waals surface area contributed by atoms with E-state index in [1.165, 1.54) is 12.0 Å². The molecule has 1 atom stereocenters. The lowest BCUT2D eigenvalue weighted by molar-refractivity contribution is 0.224. The Morgan fingerprint density at radius 3 is 2.59 bits per heavy atom. The molecule has 2 aromatic rings. The van der Waals surface area contributed by atoms with Gasteiger partial charge in [-0.2, -0.15) is 5.26 Å². The van der Waals surface area contributed by atoms with E-state index in [0.717, 1.165) is 41.9 Å². The summed E-state index contributed by atoms with van der Waals surface area (Å²) in [5.41, 5.74) is 10.0. The van der Waals surface area contributed by atoms with E-state index in [4.69, 9.17) is 10.7 Å². The molecule has 1 aromatic heterocycles. The number of allylic oxidation sites excluding steroid dienone is 1. The number of aliphatic imine (C=N–C) groups is 1. The number of amidine groups is 1. The summed E-state index contributed by atoms with van der Waals surface area (Å²) in [7, 11) is 0. The van der Waals surface area contributed by atoms with E-state index >= 15 is 0 Å². The number of nitrogens with zero attached hydrogens (tertiary/aromatic N) is 3. The second-order valence-electron chi connectivity index (χ2n) is 7.43. The van der Waals surface area contributed by atoms with E-state index < -0.39 is 0 Å². The molecule has 0 bridgehead atoms. The van der Waals surface area contributed by atoms with Gasteiger partial charge in [0.2, 0.25) is 0 Å². The Morgan fingerprint density at radius 1 is 1.22 bits per heavy atom. The lowest BCUT2D eigenvalue weighted by Crippen LogP contribution is -2.43. The number of rotatable bonds is 2. The molecule has 138 valence electrons. The van der Waals surface area contributed by atoms with Gasteiger partial charge in [0.05, 0.1) is 23.3 Å².